The van der Waals surface area contributed by atoms with E-state index in [-0.39, 0.29) is 11.9 Å². The predicted molar refractivity (Wildman–Crippen MR) is 73.5 cm³/mol. The normalized spacial score (nSPS) is 28.7. The molecular weight excluding hydrogens is 226 g/mol. The van der Waals surface area contributed by atoms with Crippen LogP contribution in [0.15, 0.2) is 0 Å². The SMILES string of the molecule is CNC(C)C1CCCCN1C(C)C(=O)NC1CC1. The minimum absolute atomic E-state index is 0.00620. The highest BCUT2D eigenvalue weighted by Crippen LogP contribution is 2.23. The van der Waals surface area contributed by atoms with Gasteiger partial charge in [-0.3, -0.25) is 9.69 Å². The van der Waals surface area contributed by atoms with Crippen molar-refractivity contribution in [3.63, 3.8) is 0 Å². The number of hydrogen-bond acceptors (Lipinski definition) is 3. The van der Waals surface area contributed by atoms with Crippen molar-refractivity contribution in [2.75, 3.05) is 13.6 Å². The summed E-state index contributed by atoms with van der Waals surface area (Å²) in [6, 6.07) is 1.40. The predicted octanol–water partition coefficient (Wildman–Crippen LogP) is 1.12. The maximum Gasteiger partial charge on any atom is 0.237 e. The lowest BCUT2D eigenvalue weighted by Crippen LogP contribution is -2.57. The molecule has 0 aromatic carbocycles. The Bertz CT molecular complexity index is 291. The van der Waals surface area contributed by atoms with Gasteiger partial charge in [-0.05, 0) is 53.1 Å². The van der Waals surface area contributed by atoms with E-state index >= 15 is 0 Å². The first-order valence-corrected chi connectivity index (χ1v) is 7.37. The number of hydrogen-bond donors (Lipinski definition) is 2. The van der Waals surface area contributed by atoms with Crippen molar-refractivity contribution in [3.8, 4) is 0 Å². The molecule has 0 aromatic heterocycles. The van der Waals surface area contributed by atoms with E-state index in [2.05, 4.69) is 29.4 Å². The van der Waals surface area contributed by atoms with Crippen LogP contribution in [-0.4, -0.2) is 48.6 Å². The summed E-state index contributed by atoms with van der Waals surface area (Å²) in [7, 11) is 2.01. The molecule has 2 aliphatic rings. The number of piperidine rings is 1. The molecule has 3 atom stereocenters. The number of rotatable bonds is 5. The third-order valence-corrected chi connectivity index (χ3v) is 4.43. The van der Waals surface area contributed by atoms with Crippen LogP contribution in [0.4, 0.5) is 0 Å². The molecular formula is C14H27N3O. The van der Waals surface area contributed by atoms with Crippen molar-refractivity contribution >= 4 is 5.91 Å². The molecule has 0 radical (unpaired) electrons. The maximum atomic E-state index is 12.2. The third-order valence-electron chi connectivity index (χ3n) is 4.43. The van der Waals surface area contributed by atoms with Crippen LogP contribution in [-0.2, 0) is 4.79 Å². The van der Waals surface area contributed by atoms with Crippen molar-refractivity contribution in [1.29, 1.82) is 0 Å². The van der Waals surface area contributed by atoms with Crippen LogP contribution in [0.2, 0.25) is 0 Å². The van der Waals surface area contributed by atoms with E-state index in [1.165, 1.54) is 19.3 Å². The van der Waals surface area contributed by atoms with E-state index in [0.717, 1.165) is 19.4 Å². The second-order valence-electron chi connectivity index (χ2n) is 5.84. The van der Waals surface area contributed by atoms with Gasteiger partial charge in [-0.2, -0.15) is 0 Å². The van der Waals surface area contributed by atoms with E-state index in [1.54, 1.807) is 0 Å². The van der Waals surface area contributed by atoms with Gasteiger partial charge in [0.2, 0.25) is 5.91 Å². The molecule has 2 N–H and O–H groups in total. The zero-order valence-corrected chi connectivity index (χ0v) is 11.9. The van der Waals surface area contributed by atoms with Gasteiger partial charge in [0, 0.05) is 18.1 Å². The number of nitrogens with one attached hydrogen (secondary N) is 2. The molecule has 1 aliphatic heterocycles. The molecule has 0 bridgehead atoms. The molecule has 2 fully saturated rings. The number of carbonyl (C=O) groups is 1. The number of amides is 1. The first-order chi connectivity index (χ1) is 8.63. The maximum absolute atomic E-state index is 12.2. The summed E-state index contributed by atoms with van der Waals surface area (Å²) in [5.41, 5.74) is 0. The van der Waals surface area contributed by atoms with Crippen molar-refractivity contribution in [1.82, 2.24) is 15.5 Å². The molecule has 1 amide bonds. The van der Waals surface area contributed by atoms with Crippen LogP contribution in [0.5, 0.6) is 0 Å². The Labute approximate surface area is 110 Å². The zero-order valence-electron chi connectivity index (χ0n) is 11.9. The number of likely N-dealkylation sites (tertiary alicyclic amines) is 1. The fourth-order valence-electron chi connectivity index (χ4n) is 2.89. The summed E-state index contributed by atoms with van der Waals surface area (Å²) in [6.45, 7) is 5.32. The Morgan fingerprint density at radius 3 is 2.56 bits per heavy atom. The van der Waals surface area contributed by atoms with Crippen LogP contribution in [0.25, 0.3) is 0 Å². The molecule has 104 valence electrons. The van der Waals surface area contributed by atoms with Gasteiger partial charge in [0.15, 0.2) is 0 Å². The molecule has 1 heterocycles. The Morgan fingerprint density at radius 2 is 1.94 bits per heavy atom. The summed E-state index contributed by atoms with van der Waals surface area (Å²) >= 11 is 0. The summed E-state index contributed by atoms with van der Waals surface area (Å²) in [6.07, 6.45) is 6.02. The Kier molecular flexibility index (Phi) is 4.62. The summed E-state index contributed by atoms with van der Waals surface area (Å²) in [5.74, 6) is 0.215. The van der Waals surface area contributed by atoms with Crippen LogP contribution < -0.4 is 10.6 Å². The van der Waals surface area contributed by atoms with Gasteiger partial charge in [0.05, 0.1) is 6.04 Å². The second kappa shape index (κ2) is 6.02. The van der Waals surface area contributed by atoms with E-state index in [4.69, 9.17) is 0 Å². The quantitative estimate of drug-likeness (QED) is 0.771. The van der Waals surface area contributed by atoms with Crippen molar-refractivity contribution in [3.05, 3.63) is 0 Å². The fraction of sp³-hybridized carbons (Fsp3) is 0.929. The standard InChI is InChI=1S/C14H27N3O/c1-10(15-3)13-6-4-5-9-17(13)11(2)14(18)16-12-7-8-12/h10-13,15H,4-9H2,1-3H3,(H,16,18). The molecule has 0 spiro atoms. The molecule has 3 unspecified atom stereocenters. The molecule has 2 rings (SSSR count). The van der Waals surface area contributed by atoms with E-state index in [1.807, 2.05) is 7.05 Å². The smallest absolute Gasteiger partial charge is 0.237 e. The summed E-state index contributed by atoms with van der Waals surface area (Å²) < 4.78 is 0. The molecule has 4 heteroatoms. The second-order valence-corrected chi connectivity index (χ2v) is 5.84. The van der Waals surface area contributed by atoms with E-state index in [0.29, 0.717) is 18.1 Å². The Hall–Kier alpha value is -0.610. The average molecular weight is 253 g/mol. The van der Waals surface area contributed by atoms with Crippen molar-refractivity contribution in [2.24, 2.45) is 0 Å². The highest BCUT2D eigenvalue weighted by molar-refractivity contribution is 5.81. The molecule has 18 heavy (non-hydrogen) atoms. The van der Waals surface area contributed by atoms with Gasteiger partial charge in [0.25, 0.3) is 0 Å². The highest BCUT2D eigenvalue weighted by Gasteiger charge is 2.34. The van der Waals surface area contributed by atoms with Gasteiger partial charge >= 0.3 is 0 Å². The first kappa shape index (κ1) is 13.8. The summed E-state index contributed by atoms with van der Waals surface area (Å²) in [4.78, 5) is 14.6. The molecule has 1 saturated heterocycles. The van der Waals surface area contributed by atoms with Crippen LogP contribution in [0.3, 0.4) is 0 Å². The lowest BCUT2D eigenvalue weighted by molar-refractivity contribution is -0.127. The van der Waals surface area contributed by atoms with Gasteiger partial charge in [0.1, 0.15) is 0 Å². The van der Waals surface area contributed by atoms with E-state index < -0.39 is 0 Å². The van der Waals surface area contributed by atoms with Gasteiger partial charge in [-0.15, -0.1) is 0 Å². The monoisotopic (exact) mass is 253 g/mol. The number of nitrogens with zero attached hydrogens (tertiary/aromatic N) is 1. The van der Waals surface area contributed by atoms with Gasteiger partial charge in [-0.1, -0.05) is 6.42 Å². The van der Waals surface area contributed by atoms with Gasteiger partial charge in [-0.25, -0.2) is 0 Å². The Balaban J connectivity index is 1.95. The van der Waals surface area contributed by atoms with Gasteiger partial charge < -0.3 is 10.6 Å². The molecule has 1 aliphatic carbocycles. The highest BCUT2D eigenvalue weighted by atomic mass is 16.2. The first-order valence-electron chi connectivity index (χ1n) is 7.37. The molecule has 1 saturated carbocycles. The van der Waals surface area contributed by atoms with Crippen molar-refractivity contribution in [2.45, 2.75) is 70.1 Å². The minimum atomic E-state index is 0.00620. The molecule has 0 aromatic rings. The lowest BCUT2D eigenvalue weighted by atomic mass is 9.94. The number of likely N-dealkylation sites (N-methyl/N-ethyl adjacent to an activating group) is 1. The lowest BCUT2D eigenvalue weighted by Gasteiger charge is -2.42. The van der Waals surface area contributed by atoms with Crippen molar-refractivity contribution < 1.29 is 4.79 Å². The summed E-state index contributed by atoms with van der Waals surface area (Å²) in [5, 5.41) is 6.47. The van der Waals surface area contributed by atoms with Crippen LogP contribution in [0.1, 0.15) is 46.0 Å². The third kappa shape index (κ3) is 3.23. The number of carbonyl (C=O) groups excluding carboxylic acids is 1. The van der Waals surface area contributed by atoms with Crippen LogP contribution >= 0.6 is 0 Å². The minimum Gasteiger partial charge on any atom is -0.352 e. The fourth-order valence-corrected chi connectivity index (χ4v) is 2.89. The largest absolute Gasteiger partial charge is 0.352 e. The average Bonchev–Trinajstić information content (AvgIpc) is 3.20. The Morgan fingerprint density at radius 1 is 1.22 bits per heavy atom. The zero-order chi connectivity index (χ0) is 13.1. The van der Waals surface area contributed by atoms with Crippen LogP contribution in [0, 0.1) is 0 Å². The molecule has 4 nitrogen and oxygen atoms in total. The van der Waals surface area contributed by atoms with E-state index in [9.17, 15) is 4.79 Å². The topological polar surface area (TPSA) is 44.4 Å².